The zero-order valence-corrected chi connectivity index (χ0v) is 11.4. The molecule has 0 radical (unpaired) electrons. The molecule has 1 aliphatic heterocycles. The van der Waals surface area contributed by atoms with Crippen molar-refractivity contribution in [3.8, 4) is 0 Å². The number of hydrogen-bond donors (Lipinski definition) is 1. The molecule has 1 aliphatic rings. The minimum absolute atomic E-state index is 0.0992. The summed E-state index contributed by atoms with van der Waals surface area (Å²) in [4.78, 5) is 13.7. The van der Waals surface area contributed by atoms with Crippen molar-refractivity contribution >= 4 is 6.09 Å². The molecule has 0 aromatic heterocycles. The lowest BCUT2D eigenvalue weighted by atomic mass is 10.0. The van der Waals surface area contributed by atoms with E-state index in [1.165, 1.54) is 0 Å². The van der Waals surface area contributed by atoms with Gasteiger partial charge in [-0.25, -0.2) is 4.79 Å². The quantitative estimate of drug-likeness (QED) is 0.756. The smallest absolute Gasteiger partial charge is 0.410 e. The summed E-state index contributed by atoms with van der Waals surface area (Å²) in [5.41, 5.74) is 4.82. The van der Waals surface area contributed by atoms with Crippen LogP contribution in [0, 0.1) is 0 Å². The van der Waals surface area contributed by atoms with E-state index in [0.29, 0.717) is 19.7 Å². The lowest BCUT2D eigenvalue weighted by Gasteiger charge is -2.43. The van der Waals surface area contributed by atoms with Crippen LogP contribution < -0.4 is 5.73 Å². The maximum atomic E-state index is 12.1. The number of amides is 1. The van der Waals surface area contributed by atoms with Crippen molar-refractivity contribution in [1.29, 1.82) is 0 Å². The third-order valence-electron chi connectivity index (χ3n) is 2.56. The number of nitrogens with zero attached hydrogens (tertiary/aromatic N) is 1. The van der Waals surface area contributed by atoms with Crippen LogP contribution in [0.5, 0.6) is 0 Å². The molecule has 17 heavy (non-hydrogen) atoms. The van der Waals surface area contributed by atoms with Gasteiger partial charge in [0.2, 0.25) is 0 Å². The average molecular weight is 244 g/mol. The Bertz CT molecular complexity index is 284. The van der Waals surface area contributed by atoms with Gasteiger partial charge >= 0.3 is 6.09 Å². The lowest BCUT2D eigenvalue weighted by Crippen LogP contribution is -2.59. The summed E-state index contributed by atoms with van der Waals surface area (Å²) < 4.78 is 11.0. The van der Waals surface area contributed by atoms with E-state index in [0.717, 1.165) is 0 Å². The van der Waals surface area contributed by atoms with Gasteiger partial charge in [-0.2, -0.15) is 0 Å². The summed E-state index contributed by atoms with van der Waals surface area (Å²) in [7, 11) is 0. The predicted octanol–water partition coefficient (Wildman–Crippen LogP) is 1.36. The van der Waals surface area contributed by atoms with Crippen LogP contribution in [0.25, 0.3) is 0 Å². The molecule has 1 heterocycles. The normalized spacial score (nSPS) is 24.6. The van der Waals surface area contributed by atoms with Gasteiger partial charge < -0.3 is 15.2 Å². The Balaban J connectivity index is 2.73. The van der Waals surface area contributed by atoms with Crippen molar-refractivity contribution in [2.24, 2.45) is 5.73 Å². The molecule has 1 rings (SSSR count). The van der Waals surface area contributed by atoms with E-state index in [1.807, 2.05) is 34.6 Å². The molecule has 100 valence electrons. The molecule has 0 aliphatic carbocycles. The van der Waals surface area contributed by atoms with E-state index in [4.69, 9.17) is 15.2 Å². The summed E-state index contributed by atoms with van der Waals surface area (Å²) in [5.74, 6) is 0. The van der Waals surface area contributed by atoms with E-state index < -0.39 is 5.60 Å². The van der Waals surface area contributed by atoms with Gasteiger partial charge in [0.05, 0.1) is 24.8 Å². The van der Waals surface area contributed by atoms with Crippen molar-refractivity contribution in [2.75, 3.05) is 19.7 Å². The first-order valence-corrected chi connectivity index (χ1v) is 5.98. The van der Waals surface area contributed by atoms with Crippen molar-refractivity contribution in [3.63, 3.8) is 0 Å². The van der Waals surface area contributed by atoms with E-state index in [9.17, 15) is 4.79 Å². The molecule has 5 nitrogen and oxygen atoms in total. The number of hydrogen-bond acceptors (Lipinski definition) is 4. The third-order valence-corrected chi connectivity index (χ3v) is 2.56. The largest absolute Gasteiger partial charge is 0.444 e. The second-order valence-electron chi connectivity index (χ2n) is 6.07. The Kier molecular flexibility index (Phi) is 4.04. The first-order valence-electron chi connectivity index (χ1n) is 5.98. The van der Waals surface area contributed by atoms with Crippen molar-refractivity contribution in [1.82, 2.24) is 4.90 Å². The molecule has 0 spiro atoms. The summed E-state index contributed by atoms with van der Waals surface area (Å²) in [5, 5.41) is 0. The van der Waals surface area contributed by atoms with Crippen molar-refractivity contribution < 1.29 is 14.3 Å². The molecule has 5 heteroatoms. The van der Waals surface area contributed by atoms with Crippen LogP contribution in [0.15, 0.2) is 0 Å². The molecular formula is C12H24N2O3. The molecule has 1 fully saturated rings. The Morgan fingerprint density at radius 1 is 1.53 bits per heavy atom. The molecule has 1 atom stereocenters. The van der Waals surface area contributed by atoms with Crippen molar-refractivity contribution in [2.45, 2.75) is 51.9 Å². The number of ether oxygens (including phenoxy) is 2. The van der Waals surface area contributed by atoms with Crippen LogP contribution in [0.1, 0.15) is 34.6 Å². The number of nitrogens with two attached hydrogens (primary N) is 1. The van der Waals surface area contributed by atoms with E-state index in [1.54, 1.807) is 4.90 Å². The maximum absolute atomic E-state index is 12.1. The molecule has 0 bridgehead atoms. The fraction of sp³-hybridized carbons (Fsp3) is 0.917. The summed E-state index contributed by atoms with van der Waals surface area (Å²) >= 11 is 0. The van der Waals surface area contributed by atoms with Gasteiger partial charge in [0.1, 0.15) is 5.60 Å². The van der Waals surface area contributed by atoms with E-state index in [2.05, 4.69) is 0 Å². The Morgan fingerprint density at radius 3 is 2.59 bits per heavy atom. The molecular weight excluding hydrogens is 220 g/mol. The highest BCUT2D eigenvalue weighted by atomic mass is 16.6. The monoisotopic (exact) mass is 244 g/mol. The Hall–Kier alpha value is -0.810. The van der Waals surface area contributed by atoms with Crippen molar-refractivity contribution in [3.05, 3.63) is 0 Å². The summed E-state index contributed by atoms with van der Waals surface area (Å²) in [6, 6.07) is -0.0992. The minimum atomic E-state index is -0.487. The standard InChI is InChI=1S/C12H24N2O3/c1-11(2,3)17-10(15)14-8-12(4,5)16-7-9(14)6-13/h9H,6-8,13H2,1-5H3/t9-/m0/s1. The van der Waals surface area contributed by atoms with Crippen LogP contribution in [-0.2, 0) is 9.47 Å². The molecule has 0 saturated carbocycles. The van der Waals surface area contributed by atoms with Gasteiger partial charge in [-0.05, 0) is 34.6 Å². The predicted molar refractivity (Wildman–Crippen MR) is 65.8 cm³/mol. The van der Waals surface area contributed by atoms with Gasteiger partial charge in [-0.15, -0.1) is 0 Å². The molecule has 0 aromatic rings. The lowest BCUT2D eigenvalue weighted by molar-refractivity contribution is -0.111. The number of carbonyl (C=O) groups is 1. The van der Waals surface area contributed by atoms with E-state index in [-0.39, 0.29) is 17.7 Å². The van der Waals surface area contributed by atoms with Gasteiger partial charge in [0, 0.05) is 6.54 Å². The van der Waals surface area contributed by atoms with Crippen LogP contribution in [0.2, 0.25) is 0 Å². The number of carbonyl (C=O) groups excluding carboxylic acids is 1. The SMILES string of the molecule is CC(C)(C)OC(=O)N1CC(C)(C)OC[C@@H]1CN. The van der Waals surface area contributed by atoms with Gasteiger partial charge in [-0.3, -0.25) is 4.90 Å². The van der Waals surface area contributed by atoms with Crippen LogP contribution in [0.3, 0.4) is 0 Å². The van der Waals surface area contributed by atoms with Crippen LogP contribution in [-0.4, -0.2) is 47.9 Å². The number of rotatable bonds is 1. The zero-order valence-electron chi connectivity index (χ0n) is 11.4. The molecule has 0 unspecified atom stereocenters. The maximum Gasteiger partial charge on any atom is 0.410 e. The Morgan fingerprint density at radius 2 is 2.12 bits per heavy atom. The first kappa shape index (κ1) is 14.3. The summed E-state index contributed by atoms with van der Waals surface area (Å²) in [6.45, 7) is 10.8. The van der Waals surface area contributed by atoms with Gasteiger partial charge in [0.25, 0.3) is 0 Å². The van der Waals surface area contributed by atoms with Crippen LogP contribution >= 0.6 is 0 Å². The molecule has 1 amide bonds. The van der Waals surface area contributed by atoms with Crippen LogP contribution in [0.4, 0.5) is 4.79 Å². The second-order valence-corrected chi connectivity index (χ2v) is 6.07. The molecule has 1 saturated heterocycles. The first-order chi connectivity index (χ1) is 7.64. The fourth-order valence-corrected chi connectivity index (χ4v) is 1.73. The zero-order chi connectivity index (χ0) is 13.3. The number of morpholine rings is 1. The topological polar surface area (TPSA) is 64.8 Å². The average Bonchev–Trinajstić information content (AvgIpc) is 2.13. The minimum Gasteiger partial charge on any atom is -0.444 e. The highest BCUT2D eigenvalue weighted by Gasteiger charge is 2.37. The Labute approximate surface area is 103 Å². The highest BCUT2D eigenvalue weighted by molar-refractivity contribution is 5.69. The molecule has 2 N–H and O–H groups in total. The third kappa shape index (κ3) is 4.16. The second kappa shape index (κ2) is 4.82. The highest BCUT2D eigenvalue weighted by Crippen LogP contribution is 2.22. The van der Waals surface area contributed by atoms with E-state index >= 15 is 0 Å². The van der Waals surface area contributed by atoms with Gasteiger partial charge in [-0.1, -0.05) is 0 Å². The fourth-order valence-electron chi connectivity index (χ4n) is 1.73. The molecule has 0 aromatic carbocycles. The van der Waals surface area contributed by atoms with Gasteiger partial charge in [0.15, 0.2) is 0 Å². The summed E-state index contributed by atoms with van der Waals surface area (Å²) in [6.07, 6.45) is -0.315.